The van der Waals surface area contributed by atoms with Gasteiger partial charge in [0.2, 0.25) is 0 Å². The first-order valence-electron chi connectivity index (χ1n) is 15.9. The van der Waals surface area contributed by atoms with E-state index in [1.807, 2.05) is 27.7 Å². The lowest BCUT2D eigenvalue weighted by atomic mass is 9.74. The summed E-state index contributed by atoms with van der Waals surface area (Å²) in [7, 11) is 0.878. The zero-order chi connectivity index (χ0) is 34.4. The van der Waals surface area contributed by atoms with Crippen LogP contribution in [0.15, 0.2) is 36.4 Å². The van der Waals surface area contributed by atoms with Gasteiger partial charge in [-0.1, -0.05) is 6.07 Å². The Morgan fingerprint density at radius 1 is 0.894 bits per heavy atom. The highest BCUT2D eigenvalue weighted by Crippen LogP contribution is 2.37. The third-order valence-electron chi connectivity index (χ3n) is 8.83. The third kappa shape index (κ3) is 9.14. The number of carbonyl (C=O) groups excluding carboxylic acids is 3. The summed E-state index contributed by atoms with van der Waals surface area (Å²) >= 11 is 0. The van der Waals surface area contributed by atoms with Crippen LogP contribution in [0.3, 0.4) is 0 Å². The van der Waals surface area contributed by atoms with E-state index in [0.29, 0.717) is 35.3 Å². The lowest BCUT2D eigenvalue weighted by molar-refractivity contribution is -0.141. The normalized spacial score (nSPS) is 20.9. The fourth-order valence-corrected chi connectivity index (χ4v) is 5.39. The Labute approximate surface area is 276 Å². The van der Waals surface area contributed by atoms with Gasteiger partial charge in [0, 0.05) is 24.8 Å². The number of esters is 2. The van der Waals surface area contributed by atoms with Crippen molar-refractivity contribution in [1.29, 1.82) is 0 Å². The van der Waals surface area contributed by atoms with E-state index in [1.54, 1.807) is 24.3 Å². The molecule has 254 valence electrons. The van der Waals surface area contributed by atoms with E-state index < -0.39 is 31.4 Å². The van der Waals surface area contributed by atoms with Crippen LogP contribution in [0.2, 0.25) is 0 Å². The molecule has 3 heterocycles. The molecule has 0 amide bonds. The second-order valence-electron chi connectivity index (χ2n) is 12.7. The lowest BCUT2D eigenvalue weighted by Crippen LogP contribution is -2.41. The molecule has 0 spiro atoms. The highest BCUT2D eigenvalue weighted by Gasteiger charge is 2.52. The van der Waals surface area contributed by atoms with Crippen molar-refractivity contribution in [2.45, 2.75) is 96.2 Å². The Morgan fingerprint density at radius 3 is 2.21 bits per heavy atom. The molecule has 2 atom stereocenters. The van der Waals surface area contributed by atoms with Crippen LogP contribution in [0.1, 0.15) is 94.7 Å². The number of hydrogen-bond donors (Lipinski definition) is 2. The van der Waals surface area contributed by atoms with Gasteiger partial charge in [-0.2, -0.15) is 0 Å². The summed E-state index contributed by atoms with van der Waals surface area (Å²) in [5, 5.41) is 19.0. The first-order chi connectivity index (χ1) is 22.2. The molecule has 0 aliphatic carbocycles. The van der Waals surface area contributed by atoms with Crippen molar-refractivity contribution in [3.8, 4) is 11.5 Å². The van der Waals surface area contributed by atoms with Crippen molar-refractivity contribution in [3.63, 3.8) is 0 Å². The predicted molar refractivity (Wildman–Crippen MR) is 173 cm³/mol. The summed E-state index contributed by atoms with van der Waals surface area (Å²) in [4.78, 5) is 35.4. The highest BCUT2D eigenvalue weighted by atomic mass is 16.7. The maximum Gasteiger partial charge on any atom is 0.495 e. The number of rotatable bonds is 10. The van der Waals surface area contributed by atoms with Crippen molar-refractivity contribution in [1.82, 2.24) is 0 Å². The minimum atomic E-state index is -1.04. The van der Waals surface area contributed by atoms with Gasteiger partial charge in [0.15, 0.2) is 12.1 Å². The minimum Gasteiger partial charge on any atom is -0.508 e. The van der Waals surface area contributed by atoms with Gasteiger partial charge in [0.25, 0.3) is 0 Å². The summed E-state index contributed by atoms with van der Waals surface area (Å²) < 4.78 is 38.5. The van der Waals surface area contributed by atoms with Gasteiger partial charge in [-0.25, -0.2) is 0 Å². The molecule has 47 heavy (non-hydrogen) atoms. The number of phenols is 1. The Kier molecular flexibility index (Phi) is 12.1. The van der Waals surface area contributed by atoms with Gasteiger partial charge in [0.1, 0.15) is 11.5 Å². The second-order valence-corrected chi connectivity index (χ2v) is 12.7. The molecular weight excluding hydrogens is 610 g/mol. The van der Waals surface area contributed by atoms with Crippen LogP contribution in [0.25, 0.3) is 0 Å². The number of phenolic OH excluding ortho intramolecular Hbond substituents is 1. The first-order valence-corrected chi connectivity index (χ1v) is 15.9. The van der Waals surface area contributed by atoms with Gasteiger partial charge in [0.05, 0.1) is 44.6 Å². The largest absolute Gasteiger partial charge is 0.508 e. The number of Topliss-reactive ketones (excluding diaryl/α,β-unsaturated/α-hetero) is 1. The molecular formula is C33H44B2O12. The Morgan fingerprint density at radius 2 is 1.57 bits per heavy atom. The van der Waals surface area contributed by atoms with E-state index in [9.17, 15) is 24.5 Å². The number of carbonyl (C=O) groups is 3. The van der Waals surface area contributed by atoms with Crippen LogP contribution in [-0.2, 0) is 37.8 Å². The van der Waals surface area contributed by atoms with Crippen molar-refractivity contribution >= 4 is 42.9 Å². The number of ketones is 1. The molecule has 2 saturated heterocycles. The first kappa shape index (κ1) is 36.4. The molecule has 0 radical (unpaired) electrons. The van der Waals surface area contributed by atoms with Crippen molar-refractivity contribution in [3.05, 3.63) is 47.5 Å². The molecule has 14 heteroatoms. The summed E-state index contributed by atoms with van der Waals surface area (Å²) in [5.74, 6) is -0.230. The zero-order valence-electron chi connectivity index (χ0n) is 27.9. The standard InChI is InChI=1S/C22H31BO7.C11H13BO5/c1-21(2)22(3,4)30-23(29-21)17-14-15(28-20-8-6-7-13-27-20)9-10-16(17)18(24)11-12-19(25)26-5;1-16-11(14)5-4-10-8-3-2-7(13)6-9(8)12(15)17-10/h9-10,14,20H,6-8,11-13H2,1-5H3;2-3,6,10,13,15H,4-5H2,1H3. The summed E-state index contributed by atoms with van der Waals surface area (Å²) in [6.07, 6.45) is 3.02. The van der Waals surface area contributed by atoms with Crippen LogP contribution in [-0.4, -0.2) is 80.4 Å². The van der Waals surface area contributed by atoms with Gasteiger partial charge < -0.3 is 43.0 Å². The smallest absolute Gasteiger partial charge is 0.495 e. The van der Waals surface area contributed by atoms with Crippen LogP contribution in [0.5, 0.6) is 11.5 Å². The molecule has 2 unspecified atom stereocenters. The van der Waals surface area contributed by atoms with E-state index in [-0.39, 0.29) is 49.2 Å². The molecule has 5 rings (SSSR count). The van der Waals surface area contributed by atoms with E-state index in [1.165, 1.54) is 26.4 Å². The van der Waals surface area contributed by atoms with Crippen LogP contribution >= 0.6 is 0 Å². The fourth-order valence-electron chi connectivity index (χ4n) is 5.39. The molecule has 3 aliphatic rings. The molecule has 0 aromatic heterocycles. The monoisotopic (exact) mass is 654 g/mol. The van der Waals surface area contributed by atoms with Crippen molar-refractivity contribution in [2.24, 2.45) is 0 Å². The maximum atomic E-state index is 12.9. The molecule has 0 saturated carbocycles. The van der Waals surface area contributed by atoms with E-state index in [0.717, 1.165) is 24.8 Å². The Balaban J connectivity index is 0.000000248. The van der Waals surface area contributed by atoms with Crippen LogP contribution in [0.4, 0.5) is 0 Å². The van der Waals surface area contributed by atoms with Gasteiger partial charge in [-0.15, -0.1) is 0 Å². The number of ether oxygens (including phenoxy) is 4. The van der Waals surface area contributed by atoms with Crippen LogP contribution < -0.4 is 15.7 Å². The van der Waals surface area contributed by atoms with Crippen molar-refractivity contribution in [2.75, 3.05) is 20.8 Å². The lowest BCUT2D eigenvalue weighted by Gasteiger charge is -2.32. The second kappa shape index (κ2) is 15.7. The average molecular weight is 654 g/mol. The third-order valence-corrected chi connectivity index (χ3v) is 8.83. The molecule has 2 fully saturated rings. The topological polar surface area (TPSA) is 156 Å². The average Bonchev–Trinajstić information content (AvgIpc) is 3.48. The molecule has 2 N–H and O–H groups in total. The summed E-state index contributed by atoms with van der Waals surface area (Å²) in [5.41, 5.74) is 1.31. The van der Waals surface area contributed by atoms with E-state index in [2.05, 4.69) is 9.47 Å². The minimum absolute atomic E-state index is 0.0201. The van der Waals surface area contributed by atoms with Gasteiger partial charge in [-0.3, -0.25) is 14.4 Å². The Hall–Kier alpha value is -3.42. The van der Waals surface area contributed by atoms with E-state index in [4.69, 9.17) is 23.4 Å². The maximum absolute atomic E-state index is 12.9. The van der Waals surface area contributed by atoms with Gasteiger partial charge >= 0.3 is 26.2 Å². The highest BCUT2D eigenvalue weighted by molar-refractivity contribution is 6.64. The van der Waals surface area contributed by atoms with Crippen molar-refractivity contribution < 1.29 is 57.4 Å². The fraction of sp³-hybridized carbons (Fsp3) is 0.545. The number of methoxy groups -OCH3 is 2. The molecule has 12 nitrogen and oxygen atoms in total. The summed E-state index contributed by atoms with van der Waals surface area (Å²) in [6.45, 7) is 8.52. The number of benzene rings is 2. The molecule has 2 aromatic carbocycles. The quantitative estimate of drug-likeness (QED) is 0.220. The zero-order valence-corrected chi connectivity index (χ0v) is 27.9. The van der Waals surface area contributed by atoms with Gasteiger partial charge in [-0.05, 0) is 93.8 Å². The predicted octanol–water partition coefficient (Wildman–Crippen LogP) is 3.13. The number of fused-ring (bicyclic) bond motifs is 1. The molecule has 0 bridgehead atoms. The molecule has 3 aliphatic heterocycles. The summed E-state index contributed by atoms with van der Waals surface area (Å²) in [6, 6.07) is 9.94. The number of aromatic hydroxyl groups is 1. The van der Waals surface area contributed by atoms with E-state index >= 15 is 0 Å². The number of hydrogen-bond acceptors (Lipinski definition) is 12. The SMILES string of the molecule is COC(=O)CCC(=O)c1ccc(OC2CCCCO2)cc1B1OC(C)(C)C(C)(C)O1.COC(=O)CCC1OB(O)c2cc(O)ccc21. The van der Waals surface area contributed by atoms with Crippen LogP contribution in [0, 0.1) is 0 Å². The Bertz CT molecular complexity index is 1410. The molecule has 2 aromatic rings.